The van der Waals surface area contributed by atoms with Crippen LogP contribution in [-0.4, -0.2) is 57.8 Å². The molecule has 3 amide bonds. The highest BCUT2D eigenvalue weighted by Gasteiger charge is 2.36. The van der Waals surface area contributed by atoms with Crippen LogP contribution in [0.2, 0.25) is 0 Å². The molecule has 0 aliphatic heterocycles. The largest absolute Gasteiger partial charge is 0.508 e. The fraction of sp³-hybridized carbons (Fsp3) is 0.464. The normalized spacial score (nSPS) is 13.0. The number of hydrogen-bond acceptors (Lipinski definition) is 6. The molecule has 9 nitrogen and oxygen atoms in total. The van der Waals surface area contributed by atoms with E-state index in [-0.39, 0.29) is 24.6 Å². The number of anilines is 1. The van der Waals surface area contributed by atoms with Gasteiger partial charge in [0.05, 0.1) is 6.61 Å². The van der Waals surface area contributed by atoms with Crippen molar-refractivity contribution in [3.63, 3.8) is 0 Å². The molecule has 202 valence electrons. The molecule has 9 heteroatoms. The standard InChI is InChI=1S/C28H39N3O6/c1-18(2)16-23(30-27(36)37-28(4,5)6)26(35)31(14-15-32)24(20-11-9-12-21(33)17-20)25(34)29-22-13-8-7-10-19(22)3/h7-13,17-18,23-24,32-33H,14-16H2,1-6H3,(H,29,34)(H,30,36). The minimum absolute atomic E-state index is 0.0277. The van der Waals surface area contributed by atoms with Crippen LogP contribution in [0.3, 0.4) is 0 Å². The Morgan fingerprint density at radius 1 is 1.05 bits per heavy atom. The zero-order chi connectivity index (χ0) is 27.8. The van der Waals surface area contributed by atoms with E-state index in [9.17, 15) is 24.6 Å². The van der Waals surface area contributed by atoms with Crippen molar-refractivity contribution in [2.45, 2.75) is 65.6 Å². The van der Waals surface area contributed by atoms with Gasteiger partial charge in [0.2, 0.25) is 5.91 Å². The second-order valence-electron chi connectivity index (χ2n) is 10.4. The van der Waals surface area contributed by atoms with Crippen LogP contribution in [0.25, 0.3) is 0 Å². The average Bonchev–Trinajstić information content (AvgIpc) is 2.78. The molecule has 0 heterocycles. The van der Waals surface area contributed by atoms with E-state index in [2.05, 4.69) is 10.6 Å². The molecule has 0 fully saturated rings. The number of hydrogen-bond donors (Lipinski definition) is 4. The van der Waals surface area contributed by atoms with Crippen molar-refractivity contribution in [3.05, 3.63) is 59.7 Å². The number of benzene rings is 2. The zero-order valence-electron chi connectivity index (χ0n) is 22.4. The van der Waals surface area contributed by atoms with Crippen molar-refractivity contribution in [1.82, 2.24) is 10.2 Å². The molecule has 2 unspecified atom stereocenters. The van der Waals surface area contributed by atoms with Gasteiger partial charge in [0.25, 0.3) is 5.91 Å². The lowest BCUT2D eigenvalue weighted by atomic mass is 9.99. The number of aliphatic hydroxyl groups excluding tert-OH is 1. The van der Waals surface area contributed by atoms with Gasteiger partial charge in [-0.25, -0.2) is 4.79 Å². The van der Waals surface area contributed by atoms with Crippen molar-refractivity contribution < 1.29 is 29.3 Å². The Bertz CT molecular complexity index is 1080. The van der Waals surface area contributed by atoms with Gasteiger partial charge in [-0.2, -0.15) is 0 Å². The number of aliphatic hydroxyl groups is 1. The SMILES string of the molecule is Cc1ccccc1NC(=O)C(c1cccc(O)c1)N(CCO)C(=O)C(CC(C)C)NC(=O)OC(C)(C)C. The van der Waals surface area contributed by atoms with Gasteiger partial charge >= 0.3 is 6.09 Å². The quantitative estimate of drug-likeness (QED) is 0.378. The van der Waals surface area contributed by atoms with Crippen LogP contribution in [0.5, 0.6) is 5.75 Å². The smallest absolute Gasteiger partial charge is 0.408 e. The van der Waals surface area contributed by atoms with Crippen molar-refractivity contribution in [2.24, 2.45) is 5.92 Å². The maximum Gasteiger partial charge on any atom is 0.408 e. The Balaban J connectivity index is 2.50. The maximum absolute atomic E-state index is 13.9. The van der Waals surface area contributed by atoms with E-state index in [1.165, 1.54) is 17.0 Å². The second-order valence-corrected chi connectivity index (χ2v) is 10.4. The molecule has 0 aliphatic carbocycles. The lowest BCUT2D eigenvalue weighted by molar-refractivity contribution is -0.141. The molecule has 4 N–H and O–H groups in total. The van der Waals surface area contributed by atoms with E-state index in [0.717, 1.165) is 5.56 Å². The van der Waals surface area contributed by atoms with Gasteiger partial charge in [-0.3, -0.25) is 9.59 Å². The average molecular weight is 514 g/mol. The molecular formula is C28H39N3O6. The Hall–Kier alpha value is -3.59. The highest BCUT2D eigenvalue weighted by molar-refractivity contribution is 5.99. The molecular weight excluding hydrogens is 474 g/mol. The minimum atomic E-state index is -1.19. The number of rotatable bonds is 10. The third-order valence-corrected chi connectivity index (χ3v) is 5.47. The molecule has 37 heavy (non-hydrogen) atoms. The van der Waals surface area contributed by atoms with E-state index in [0.29, 0.717) is 11.3 Å². The predicted octanol–water partition coefficient (Wildman–Crippen LogP) is 4.14. The van der Waals surface area contributed by atoms with Crippen LogP contribution < -0.4 is 10.6 Å². The molecule has 0 saturated carbocycles. The number of aromatic hydroxyl groups is 1. The van der Waals surface area contributed by atoms with Gasteiger partial charge < -0.3 is 30.5 Å². The number of nitrogens with zero attached hydrogens (tertiary/aromatic N) is 1. The first-order valence-corrected chi connectivity index (χ1v) is 12.4. The number of phenolic OH excluding ortho intramolecular Hbond substituents is 1. The Kier molecular flexibility index (Phi) is 10.5. The van der Waals surface area contributed by atoms with Crippen molar-refractivity contribution >= 4 is 23.6 Å². The number of ether oxygens (including phenoxy) is 1. The molecule has 2 atom stereocenters. The van der Waals surface area contributed by atoms with Crippen molar-refractivity contribution in [1.29, 1.82) is 0 Å². The highest BCUT2D eigenvalue weighted by Crippen LogP contribution is 2.28. The Labute approximate surface area is 218 Å². The molecule has 2 rings (SSSR count). The number of amides is 3. The number of aryl methyl sites for hydroxylation is 1. The van der Waals surface area contributed by atoms with Gasteiger partial charge in [0.15, 0.2) is 0 Å². The fourth-order valence-corrected chi connectivity index (χ4v) is 3.90. The second kappa shape index (κ2) is 13.1. The van der Waals surface area contributed by atoms with Gasteiger partial charge in [-0.15, -0.1) is 0 Å². The van der Waals surface area contributed by atoms with Gasteiger partial charge in [0, 0.05) is 12.2 Å². The number of carbonyl (C=O) groups excluding carboxylic acids is 3. The topological polar surface area (TPSA) is 128 Å². The summed E-state index contributed by atoms with van der Waals surface area (Å²) in [7, 11) is 0. The van der Waals surface area contributed by atoms with Crippen LogP contribution in [0.15, 0.2) is 48.5 Å². The molecule has 0 bridgehead atoms. The number of para-hydroxylation sites is 1. The molecule has 0 radical (unpaired) electrons. The molecule has 0 saturated heterocycles. The van der Waals surface area contributed by atoms with Crippen LogP contribution in [0.1, 0.15) is 58.2 Å². The van der Waals surface area contributed by atoms with Crippen molar-refractivity contribution in [2.75, 3.05) is 18.5 Å². The minimum Gasteiger partial charge on any atom is -0.508 e. The summed E-state index contributed by atoms with van der Waals surface area (Å²) in [5, 5.41) is 25.5. The zero-order valence-corrected chi connectivity index (χ0v) is 22.4. The number of phenols is 1. The summed E-state index contributed by atoms with van der Waals surface area (Å²) in [6, 6.07) is 11.1. The summed E-state index contributed by atoms with van der Waals surface area (Å²) in [6.45, 7) is 10.2. The van der Waals surface area contributed by atoms with Gasteiger partial charge in [-0.05, 0) is 69.4 Å². The van der Waals surface area contributed by atoms with Gasteiger partial charge in [0.1, 0.15) is 23.4 Å². The lowest BCUT2D eigenvalue weighted by Gasteiger charge is -2.34. The monoisotopic (exact) mass is 513 g/mol. The van der Waals surface area contributed by atoms with E-state index in [1.54, 1.807) is 45.0 Å². The van der Waals surface area contributed by atoms with Crippen molar-refractivity contribution in [3.8, 4) is 5.75 Å². The first-order chi connectivity index (χ1) is 17.3. The van der Waals surface area contributed by atoms with Gasteiger partial charge in [-0.1, -0.05) is 44.2 Å². The number of alkyl carbamates (subject to hydrolysis) is 1. The maximum atomic E-state index is 13.9. The van der Waals surface area contributed by atoms with Crippen LogP contribution in [0, 0.1) is 12.8 Å². The molecule has 0 aliphatic rings. The number of nitrogens with one attached hydrogen (secondary N) is 2. The van der Waals surface area contributed by atoms with E-state index in [4.69, 9.17) is 4.74 Å². The summed E-state index contributed by atoms with van der Waals surface area (Å²) >= 11 is 0. The van der Waals surface area contributed by atoms with E-state index < -0.39 is 42.2 Å². The molecule has 0 aromatic heterocycles. The summed E-state index contributed by atoms with van der Waals surface area (Å²) in [4.78, 5) is 41.4. The summed E-state index contributed by atoms with van der Waals surface area (Å²) in [5.41, 5.74) is 0.987. The lowest BCUT2D eigenvalue weighted by Crippen LogP contribution is -2.53. The van der Waals surface area contributed by atoms with Crippen LogP contribution in [0.4, 0.5) is 10.5 Å². The summed E-state index contributed by atoms with van der Waals surface area (Å²) in [5.74, 6) is -1.13. The fourth-order valence-electron chi connectivity index (χ4n) is 3.90. The first-order valence-electron chi connectivity index (χ1n) is 12.4. The van der Waals surface area contributed by atoms with E-state index in [1.807, 2.05) is 32.9 Å². The first kappa shape index (κ1) is 29.6. The third-order valence-electron chi connectivity index (χ3n) is 5.47. The molecule has 2 aromatic carbocycles. The summed E-state index contributed by atoms with van der Waals surface area (Å²) < 4.78 is 5.36. The Morgan fingerprint density at radius 2 is 1.73 bits per heavy atom. The third kappa shape index (κ3) is 9.09. The Morgan fingerprint density at radius 3 is 2.30 bits per heavy atom. The predicted molar refractivity (Wildman–Crippen MR) is 142 cm³/mol. The number of carbonyl (C=O) groups is 3. The molecule has 2 aromatic rings. The van der Waals surface area contributed by atoms with E-state index >= 15 is 0 Å². The highest BCUT2D eigenvalue weighted by atomic mass is 16.6. The summed E-state index contributed by atoms with van der Waals surface area (Å²) in [6.07, 6.45) is -0.472. The van der Waals surface area contributed by atoms with Crippen LogP contribution in [-0.2, 0) is 14.3 Å². The van der Waals surface area contributed by atoms with Crippen LogP contribution >= 0.6 is 0 Å². The molecule has 0 spiro atoms.